The molecule has 5 heteroatoms. The average molecular weight is 272 g/mol. The second kappa shape index (κ2) is 5.17. The number of hydrogen-bond donors (Lipinski definition) is 1. The van der Waals surface area contributed by atoms with Crippen LogP contribution in [0.4, 0.5) is 10.2 Å². The van der Waals surface area contributed by atoms with E-state index in [2.05, 4.69) is 14.9 Å². The average Bonchev–Trinajstić information content (AvgIpc) is 2.85. The molecule has 0 radical (unpaired) electrons. The Morgan fingerprint density at radius 1 is 1.25 bits per heavy atom. The Morgan fingerprint density at radius 3 is 2.65 bits per heavy atom. The van der Waals surface area contributed by atoms with Gasteiger partial charge in [-0.05, 0) is 37.6 Å². The van der Waals surface area contributed by atoms with Crippen molar-refractivity contribution < 1.29 is 4.39 Å². The molecule has 3 rings (SSSR count). The van der Waals surface area contributed by atoms with E-state index < -0.39 is 0 Å². The largest absolute Gasteiger partial charge is 0.355 e. The van der Waals surface area contributed by atoms with Crippen LogP contribution in [0.1, 0.15) is 12.2 Å². The van der Waals surface area contributed by atoms with Gasteiger partial charge in [0.2, 0.25) is 0 Å². The monoisotopic (exact) mass is 272 g/mol. The van der Waals surface area contributed by atoms with Crippen LogP contribution in [-0.4, -0.2) is 29.1 Å². The lowest BCUT2D eigenvalue weighted by Crippen LogP contribution is -2.27. The Kier molecular flexibility index (Phi) is 3.36. The Balaban J connectivity index is 1.96. The minimum absolute atomic E-state index is 0.208. The van der Waals surface area contributed by atoms with E-state index in [-0.39, 0.29) is 11.9 Å². The van der Waals surface area contributed by atoms with Gasteiger partial charge in [-0.1, -0.05) is 0 Å². The Bertz CT molecular complexity index is 612. The fourth-order valence-electron chi connectivity index (χ4n) is 2.48. The molecule has 0 amide bonds. The normalized spacial score (nSPS) is 18.6. The summed E-state index contributed by atoms with van der Waals surface area (Å²) in [6.45, 7) is 3.60. The number of hydrogen-bond acceptors (Lipinski definition) is 4. The highest BCUT2D eigenvalue weighted by Gasteiger charge is 2.21. The fourth-order valence-corrected chi connectivity index (χ4v) is 2.48. The maximum Gasteiger partial charge on any atom is 0.132 e. The zero-order chi connectivity index (χ0) is 14.1. The van der Waals surface area contributed by atoms with Gasteiger partial charge in [0.05, 0.1) is 5.69 Å². The number of nitrogens with two attached hydrogens (primary N) is 1. The molecule has 1 saturated heterocycles. The third-order valence-electron chi connectivity index (χ3n) is 3.51. The van der Waals surface area contributed by atoms with Crippen LogP contribution in [-0.2, 0) is 0 Å². The number of aryl methyl sites for hydroxylation is 1. The topological polar surface area (TPSA) is 55.0 Å². The molecular weight excluding hydrogens is 255 g/mol. The highest BCUT2D eigenvalue weighted by atomic mass is 19.1. The van der Waals surface area contributed by atoms with Crippen molar-refractivity contribution >= 4 is 5.82 Å². The predicted molar refractivity (Wildman–Crippen MR) is 77.0 cm³/mol. The molecule has 1 atom stereocenters. The van der Waals surface area contributed by atoms with E-state index in [9.17, 15) is 4.39 Å². The van der Waals surface area contributed by atoms with Gasteiger partial charge < -0.3 is 10.6 Å². The van der Waals surface area contributed by atoms with Gasteiger partial charge >= 0.3 is 0 Å². The molecule has 104 valence electrons. The molecule has 1 aromatic carbocycles. The summed E-state index contributed by atoms with van der Waals surface area (Å²) in [5, 5.41) is 0. The van der Waals surface area contributed by atoms with Crippen molar-refractivity contribution in [2.24, 2.45) is 5.73 Å². The van der Waals surface area contributed by atoms with Crippen LogP contribution in [0, 0.1) is 12.7 Å². The molecule has 1 aromatic heterocycles. The van der Waals surface area contributed by atoms with E-state index in [1.165, 1.54) is 12.1 Å². The van der Waals surface area contributed by atoms with Crippen LogP contribution >= 0.6 is 0 Å². The molecule has 1 aliphatic rings. The molecule has 4 nitrogen and oxygen atoms in total. The lowest BCUT2D eigenvalue weighted by atomic mass is 10.1. The molecule has 0 aliphatic carbocycles. The molecule has 20 heavy (non-hydrogen) atoms. The highest BCUT2D eigenvalue weighted by molar-refractivity contribution is 5.63. The zero-order valence-corrected chi connectivity index (χ0v) is 11.4. The van der Waals surface area contributed by atoms with Crippen molar-refractivity contribution in [3.63, 3.8) is 0 Å². The summed E-state index contributed by atoms with van der Waals surface area (Å²) >= 11 is 0. The minimum Gasteiger partial charge on any atom is -0.355 e. The van der Waals surface area contributed by atoms with Crippen molar-refractivity contribution in [1.29, 1.82) is 0 Å². The molecular formula is C15H17FN4. The first-order chi connectivity index (χ1) is 9.61. The van der Waals surface area contributed by atoms with Gasteiger partial charge in [0.15, 0.2) is 0 Å². The minimum atomic E-state index is -0.245. The van der Waals surface area contributed by atoms with E-state index in [1.807, 2.05) is 13.0 Å². The maximum atomic E-state index is 13.0. The standard InChI is InChI=1S/C15H17FN4/c1-10-18-14(11-2-4-12(16)5-3-11)8-15(19-10)20-7-6-13(17)9-20/h2-5,8,13H,6-7,9,17H2,1H3. The van der Waals surface area contributed by atoms with Gasteiger partial charge in [-0.2, -0.15) is 0 Å². The summed E-state index contributed by atoms with van der Waals surface area (Å²) in [5.74, 6) is 1.36. The Labute approximate surface area is 117 Å². The molecule has 1 aliphatic heterocycles. The first-order valence-electron chi connectivity index (χ1n) is 6.74. The van der Waals surface area contributed by atoms with Crippen LogP contribution < -0.4 is 10.6 Å². The van der Waals surface area contributed by atoms with Gasteiger partial charge in [-0.3, -0.25) is 0 Å². The summed E-state index contributed by atoms with van der Waals surface area (Å²) in [7, 11) is 0. The van der Waals surface area contributed by atoms with Gasteiger partial charge in [0, 0.05) is 30.8 Å². The number of nitrogens with zero attached hydrogens (tertiary/aromatic N) is 3. The predicted octanol–water partition coefficient (Wildman–Crippen LogP) is 2.13. The maximum absolute atomic E-state index is 13.0. The molecule has 0 bridgehead atoms. The lowest BCUT2D eigenvalue weighted by molar-refractivity contribution is 0.628. The van der Waals surface area contributed by atoms with Crippen LogP contribution in [0.25, 0.3) is 11.3 Å². The number of halogens is 1. The third kappa shape index (κ3) is 2.63. The highest BCUT2D eigenvalue weighted by Crippen LogP contribution is 2.24. The number of anilines is 1. The SMILES string of the molecule is Cc1nc(-c2ccc(F)cc2)cc(N2CCC(N)C2)n1. The van der Waals surface area contributed by atoms with Gasteiger partial charge in [-0.15, -0.1) is 0 Å². The van der Waals surface area contributed by atoms with Crippen molar-refractivity contribution in [2.75, 3.05) is 18.0 Å². The first-order valence-corrected chi connectivity index (χ1v) is 6.74. The van der Waals surface area contributed by atoms with Crippen LogP contribution in [0.15, 0.2) is 30.3 Å². The van der Waals surface area contributed by atoms with Crippen molar-refractivity contribution in [3.8, 4) is 11.3 Å². The van der Waals surface area contributed by atoms with E-state index in [1.54, 1.807) is 12.1 Å². The number of benzene rings is 1. The summed E-state index contributed by atoms with van der Waals surface area (Å²) < 4.78 is 13.0. The second-order valence-electron chi connectivity index (χ2n) is 5.16. The van der Waals surface area contributed by atoms with Crippen LogP contribution in [0.5, 0.6) is 0 Å². The van der Waals surface area contributed by atoms with E-state index in [0.717, 1.165) is 36.6 Å². The fraction of sp³-hybridized carbons (Fsp3) is 0.333. The Hall–Kier alpha value is -2.01. The summed E-state index contributed by atoms with van der Waals surface area (Å²) in [4.78, 5) is 11.1. The molecule has 1 unspecified atom stereocenters. The van der Waals surface area contributed by atoms with E-state index >= 15 is 0 Å². The molecule has 1 fully saturated rings. The molecule has 2 aromatic rings. The lowest BCUT2D eigenvalue weighted by Gasteiger charge is -2.18. The van der Waals surface area contributed by atoms with Gasteiger partial charge in [-0.25, -0.2) is 14.4 Å². The van der Waals surface area contributed by atoms with Gasteiger partial charge in [0.25, 0.3) is 0 Å². The molecule has 0 saturated carbocycles. The quantitative estimate of drug-likeness (QED) is 0.910. The zero-order valence-electron chi connectivity index (χ0n) is 11.4. The van der Waals surface area contributed by atoms with E-state index in [0.29, 0.717) is 5.82 Å². The number of rotatable bonds is 2. The molecule has 0 spiro atoms. The summed E-state index contributed by atoms with van der Waals surface area (Å²) in [6.07, 6.45) is 0.981. The summed E-state index contributed by atoms with van der Waals surface area (Å²) in [5.41, 5.74) is 7.64. The van der Waals surface area contributed by atoms with Crippen molar-refractivity contribution in [1.82, 2.24) is 9.97 Å². The second-order valence-corrected chi connectivity index (χ2v) is 5.16. The van der Waals surface area contributed by atoms with Crippen LogP contribution in [0.3, 0.4) is 0 Å². The van der Waals surface area contributed by atoms with Crippen LogP contribution in [0.2, 0.25) is 0 Å². The van der Waals surface area contributed by atoms with E-state index in [4.69, 9.17) is 5.73 Å². The molecule has 2 N–H and O–H groups in total. The number of aromatic nitrogens is 2. The Morgan fingerprint density at radius 2 is 2.00 bits per heavy atom. The third-order valence-corrected chi connectivity index (χ3v) is 3.51. The molecule has 2 heterocycles. The van der Waals surface area contributed by atoms with Crippen molar-refractivity contribution in [3.05, 3.63) is 42.0 Å². The summed E-state index contributed by atoms with van der Waals surface area (Å²) in [6, 6.07) is 8.50. The smallest absolute Gasteiger partial charge is 0.132 e. The van der Waals surface area contributed by atoms with Gasteiger partial charge in [0.1, 0.15) is 17.5 Å². The first kappa shape index (κ1) is 13.0. The van der Waals surface area contributed by atoms with Crippen molar-refractivity contribution in [2.45, 2.75) is 19.4 Å².